The molecule has 0 aromatic carbocycles. The van der Waals surface area contributed by atoms with Crippen molar-refractivity contribution < 1.29 is 14.6 Å². The first-order valence-electron chi connectivity index (χ1n) is 2.90. The van der Waals surface area contributed by atoms with Gasteiger partial charge in [0.15, 0.2) is 0 Å². The number of morpholine rings is 1. The predicted molar refractivity (Wildman–Crippen MR) is 28.1 cm³/mol. The number of fused-ring (bicyclic) bond motifs is 1. The Kier molecular flexibility index (Phi) is 0.841. The van der Waals surface area contributed by atoms with E-state index in [0.29, 0.717) is 6.54 Å². The lowest BCUT2D eigenvalue weighted by atomic mass is 10.2. The van der Waals surface area contributed by atoms with E-state index < -0.39 is 12.0 Å². The molecule has 2 saturated heterocycles. The van der Waals surface area contributed by atoms with Gasteiger partial charge >= 0.3 is 5.97 Å². The van der Waals surface area contributed by atoms with Crippen LogP contribution >= 0.6 is 0 Å². The van der Waals surface area contributed by atoms with Gasteiger partial charge in [0.25, 0.3) is 0 Å². The Morgan fingerprint density at radius 1 is 1.78 bits per heavy atom. The lowest BCUT2D eigenvalue weighted by Gasteiger charge is -2.03. The third-order valence-electron chi connectivity index (χ3n) is 1.76. The zero-order valence-electron chi connectivity index (χ0n) is 4.70. The molecular weight excluding hydrogens is 122 g/mol. The maximum absolute atomic E-state index is 10.3. The van der Waals surface area contributed by atoms with Gasteiger partial charge in [-0.3, -0.25) is 10.1 Å². The number of nitrogens with one attached hydrogen (secondary N) is 1. The molecule has 2 aliphatic rings. The first kappa shape index (κ1) is 5.20. The molecule has 2 fully saturated rings. The Morgan fingerprint density at radius 3 is 2.78 bits per heavy atom. The summed E-state index contributed by atoms with van der Waals surface area (Å²) in [5, 5.41) is 11.3. The number of hydrogen-bond acceptors (Lipinski definition) is 3. The summed E-state index contributed by atoms with van der Waals surface area (Å²) in [7, 11) is 0. The minimum Gasteiger partial charge on any atom is -0.480 e. The molecule has 0 radical (unpaired) electrons. The summed E-state index contributed by atoms with van der Waals surface area (Å²) in [6, 6.07) is -0.449. The predicted octanol–water partition coefficient (Wildman–Crippen LogP) is -1.19. The topological polar surface area (TPSA) is 61.9 Å². The molecule has 9 heavy (non-hydrogen) atoms. The Morgan fingerprint density at radius 2 is 2.56 bits per heavy atom. The molecule has 3 atom stereocenters. The molecule has 0 amide bonds. The van der Waals surface area contributed by atoms with E-state index in [0.717, 1.165) is 0 Å². The highest BCUT2D eigenvalue weighted by molar-refractivity contribution is 5.75. The van der Waals surface area contributed by atoms with Gasteiger partial charge < -0.3 is 9.84 Å². The summed E-state index contributed by atoms with van der Waals surface area (Å²) < 4.78 is 4.98. The third-order valence-corrected chi connectivity index (χ3v) is 1.76. The Balaban J connectivity index is 2.06. The van der Waals surface area contributed by atoms with E-state index in [2.05, 4.69) is 5.32 Å². The number of carboxylic acid groups (broad SMARTS) is 1. The van der Waals surface area contributed by atoms with Gasteiger partial charge in [-0.2, -0.15) is 0 Å². The van der Waals surface area contributed by atoms with Gasteiger partial charge in [-0.15, -0.1) is 0 Å². The fourth-order valence-corrected chi connectivity index (χ4v) is 1.20. The maximum atomic E-state index is 10.3. The second-order valence-corrected chi connectivity index (χ2v) is 2.36. The molecule has 0 saturated carbocycles. The van der Waals surface area contributed by atoms with Crippen LogP contribution < -0.4 is 5.32 Å². The first-order valence-corrected chi connectivity index (χ1v) is 2.90. The summed E-state index contributed by atoms with van der Waals surface area (Å²) in [6.45, 7) is 0.696. The molecule has 0 spiro atoms. The monoisotopic (exact) mass is 129 g/mol. The highest BCUT2D eigenvalue weighted by Gasteiger charge is 2.53. The van der Waals surface area contributed by atoms with Crippen LogP contribution in [-0.4, -0.2) is 35.9 Å². The van der Waals surface area contributed by atoms with Gasteiger partial charge in [0.05, 0.1) is 6.10 Å². The van der Waals surface area contributed by atoms with E-state index in [1.165, 1.54) is 0 Å². The van der Waals surface area contributed by atoms with Gasteiger partial charge in [-0.25, -0.2) is 0 Å². The number of hydrogen-bond donors (Lipinski definition) is 2. The van der Waals surface area contributed by atoms with Crippen molar-refractivity contribution >= 4 is 5.97 Å². The largest absolute Gasteiger partial charge is 0.480 e. The molecule has 2 heterocycles. The molecule has 4 nitrogen and oxygen atoms in total. The van der Waals surface area contributed by atoms with Crippen molar-refractivity contribution in [1.29, 1.82) is 0 Å². The van der Waals surface area contributed by atoms with Crippen LogP contribution in [0.1, 0.15) is 0 Å². The second-order valence-electron chi connectivity index (χ2n) is 2.36. The van der Waals surface area contributed by atoms with Crippen molar-refractivity contribution in [3.63, 3.8) is 0 Å². The normalized spacial score (nSPS) is 46.4. The van der Waals surface area contributed by atoms with E-state index in [-0.39, 0.29) is 12.2 Å². The van der Waals surface area contributed by atoms with E-state index in [1.54, 1.807) is 0 Å². The van der Waals surface area contributed by atoms with Crippen molar-refractivity contribution in [2.45, 2.75) is 18.2 Å². The summed E-state index contributed by atoms with van der Waals surface area (Å²) in [5.74, 6) is -0.806. The molecule has 0 unspecified atom stereocenters. The van der Waals surface area contributed by atoms with Gasteiger partial charge in [0, 0.05) is 6.54 Å². The SMILES string of the molecule is O=C(O)[C@H]1NC[C@@H]2O[C@@H]21. The quantitative estimate of drug-likeness (QED) is 0.437. The van der Waals surface area contributed by atoms with Crippen LogP contribution in [0.4, 0.5) is 0 Å². The minimum atomic E-state index is -0.806. The molecule has 0 aromatic rings. The van der Waals surface area contributed by atoms with E-state index in [4.69, 9.17) is 9.84 Å². The van der Waals surface area contributed by atoms with Crippen LogP contribution in [0.5, 0.6) is 0 Å². The average molecular weight is 129 g/mol. The lowest BCUT2D eigenvalue weighted by Crippen LogP contribution is -2.36. The van der Waals surface area contributed by atoms with Crippen LogP contribution in [0.3, 0.4) is 0 Å². The molecule has 2 N–H and O–H groups in total. The zero-order valence-corrected chi connectivity index (χ0v) is 4.70. The number of carbonyl (C=O) groups is 1. The highest BCUT2D eigenvalue weighted by Crippen LogP contribution is 2.29. The zero-order chi connectivity index (χ0) is 6.43. The fraction of sp³-hybridized carbons (Fsp3) is 0.800. The van der Waals surface area contributed by atoms with Crippen molar-refractivity contribution in [2.75, 3.05) is 6.54 Å². The molecular formula is C5H7NO3. The molecule has 0 aromatic heterocycles. The third kappa shape index (κ3) is 0.635. The number of aliphatic carboxylic acids is 1. The summed E-state index contributed by atoms with van der Waals surface area (Å²) in [6.07, 6.45) is 0.147. The van der Waals surface area contributed by atoms with Crippen LogP contribution in [0, 0.1) is 0 Å². The molecule has 4 heteroatoms. The second kappa shape index (κ2) is 1.46. The van der Waals surface area contributed by atoms with E-state index >= 15 is 0 Å². The van der Waals surface area contributed by atoms with Crippen LogP contribution in [0.2, 0.25) is 0 Å². The molecule has 2 rings (SSSR count). The van der Waals surface area contributed by atoms with Crippen LogP contribution in [-0.2, 0) is 9.53 Å². The standard InChI is InChI=1S/C5H7NO3/c7-5(8)3-4-2(9-4)1-6-3/h2-4,6H,1H2,(H,7,8)/t2-,3-,4-/m0/s1. The Bertz CT molecular complexity index is 158. The summed E-state index contributed by atoms with van der Waals surface area (Å²) in [4.78, 5) is 10.3. The summed E-state index contributed by atoms with van der Waals surface area (Å²) >= 11 is 0. The minimum absolute atomic E-state index is 0.0394. The van der Waals surface area contributed by atoms with Gasteiger partial charge in [-0.1, -0.05) is 0 Å². The van der Waals surface area contributed by atoms with E-state index in [9.17, 15) is 4.79 Å². The average Bonchev–Trinajstić information content (AvgIpc) is 2.43. The fourth-order valence-electron chi connectivity index (χ4n) is 1.20. The van der Waals surface area contributed by atoms with Crippen LogP contribution in [0.15, 0.2) is 0 Å². The molecule has 0 aliphatic carbocycles. The molecule has 0 bridgehead atoms. The molecule has 2 aliphatic heterocycles. The van der Waals surface area contributed by atoms with Crippen molar-refractivity contribution in [2.24, 2.45) is 0 Å². The number of carboxylic acids is 1. The maximum Gasteiger partial charge on any atom is 0.323 e. The Labute approximate surface area is 51.8 Å². The van der Waals surface area contributed by atoms with Gasteiger partial charge in [0.2, 0.25) is 0 Å². The highest BCUT2D eigenvalue weighted by atomic mass is 16.6. The lowest BCUT2D eigenvalue weighted by molar-refractivity contribution is -0.139. The summed E-state index contributed by atoms with van der Waals surface area (Å²) in [5.41, 5.74) is 0. The van der Waals surface area contributed by atoms with Gasteiger partial charge in [-0.05, 0) is 0 Å². The number of epoxide rings is 1. The van der Waals surface area contributed by atoms with Crippen molar-refractivity contribution in [1.82, 2.24) is 5.32 Å². The first-order chi connectivity index (χ1) is 4.29. The Hall–Kier alpha value is -0.610. The van der Waals surface area contributed by atoms with Crippen LogP contribution in [0.25, 0.3) is 0 Å². The number of ether oxygens (including phenoxy) is 1. The van der Waals surface area contributed by atoms with Crippen molar-refractivity contribution in [3.8, 4) is 0 Å². The van der Waals surface area contributed by atoms with Gasteiger partial charge in [0.1, 0.15) is 12.1 Å². The smallest absolute Gasteiger partial charge is 0.323 e. The van der Waals surface area contributed by atoms with Crippen molar-refractivity contribution in [3.05, 3.63) is 0 Å². The molecule has 50 valence electrons. The van der Waals surface area contributed by atoms with E-state index in [1.807, 2.05) is 0 Å². The number of rotatable bonds is 1.